The summed E-state index contributed by atoms with van der Waals surface area (Å²) in [7, 11) is -3.58. The fraction of sp³-hybridized carbons (Fsp3) is 0.188. The summed E-state index contributed by atoms with van der Waals surface area (Å²) in [6, 6.07) is 8.94. The molecule has 5 nitrogen and oxygen atoms in total. The summed E-state index contributed by atoms with van der Waals surface area (Å²) in [4.78, 5) is 12.3. The molecular weight excluding hydrogens is 390 g/mol. The molecule has 0 fully saturated rings. The van der Waals surface area contributed by atoms with Gasteiger partial charge in [-0.1, -0.05) is 35.3 Å². The van der Waals surface area contributed by atoms with Crippen LogP contribution in [0.5, 0.6) is 0 Å². The number of benzene rings is 2. The van der Waals surface area contributed by atoms with E-state index in [2.05, 4.69) is 10.0 Å². The highest BCUT2D eigenvalue weighted by molar-refractivity contribution is 7.88. The Labute approximate surface area is 155 Å². The van der Waals surface area contributed by atoms with Crippen LogP contribution in [0.4, 0.5) is 10.1 Å². The van der Waals surface area contributed by atoms with Gasteiger partial charge < -0.3 is 5.32 Å². The Hall–Kier alpha value is -1.67. The second-order valence-electron chi connectivity index (χ2n) is 5.40. The van der Waals surface area contributed by atoms with Crippen LogP contribution in [0.1, 0.15) is 18.0 Å². The summed E-state index contributed by atoms with van der Waals surface area (Å²) in [6.07, 6.45) is 0.793. The molecule has 0 spiro atoms. The molecule has 0 bridgehead atoms. The summed E-state index contributed by atoms with van der Waals surface area (Å²) in [6.45, 7) is 0. The van der Waals surface area contributed by atoms with Crippen molar-refractivity contribution in [2.45, 2.75) is 12.5 Å². The number of hydrogen-bond donors (Lipinski definition) is 2. The minimum Gasteiger partial charge on any atom is -0.326 e. The van der Waals surface area contributed by atoms with Crippen LogP contribution in [0.15, 0.2) is 42.5 Å². The van der Waals surface area contributed by atoms with E-state index in [1.807, 2.05) is 0 Å². The molecule has 0 aliphatic heterocycles. The van der Waals surface area contributed by atoms with Crippen LogP contribution < -0.4 is 10.0 Å². The Morgan fingerprint density at radius 1 is 1.12 bits per heavy atom. The Morgan fingerprint density at radius 3 is 2.20 bits per heavy atom. The Bertz CT molecular complexity index is 853. The first-order valence-electron chi connectivity index (χ1n) is 7.11. The first-order chi connectivity index (χ1) is 11.6. The minimum atomic E-state index is -3.58. The third kappa shape index (κ3) is 6.62. The number of anilines is 1. The van der Waals surface area contributed by atoms with Crippen molar-refractivity contribution < 1.29 is 17.6 Å². The fourth-order valence-electron chi connectivity index (χ4n) is 2.20. The first-order valence-corrected chi connectivity index (χ1v) is 9.76. The van der Waals surface area contributed by atoms with Crippen LogP contribution in [0.3, 0.4) is 0 Å². The van der Waals surface area contributed by atoms with Crippen molar-refractivity contribution in [1.82, 2.24) is 4.72 Å². The van der Waals surface area contributed by atoms with Gasteiger partial charge in [-0.05, 0) is 35.9 Å². The summed E-state index contributed by atoms with van der Waals surface area (Å²) >= 11 is 11.7. The topological polar surface area (TPSA) is 75.3 Å². The molecule has 0 unspecified atom stereocenters. The number of carbonyl (C=O) groups is 1. The average molecular weight is 405 g/mol. The third-order valence-electron chi connectivity index (χ3n) is 3.16. The minimum absolute atomic E-state index is 0.192. The van der Waals surface area contributed by atoms with Gasteiger partial charge in [-0.15, -0.1) is 0 Å². The highest BCUT2D eigenvalue weighted by Crippen LogP contribution is 2.24. The lowest BCUT2D eigenvalue weighted by molar-refractivity contribution is -0.116. The summed E-state index contributed by atoms with van der Waals surface area (Å²) in [5, 5.41) is 3.31. The second kappa shape index (κ2) is 8.14. The van der Waals surface area contributed by atoms with Gasteiger partial charge in [0.2, 0.25) is 15.9 Å². The molecule has 134 valence electrons. The largest absolute Gasteiger partial charge is 0.326 e. The Morgan fingerprint density at radius 2 is 1.68 bits per heavy atom. The zero-order valence-corrected chi connectivity index (χ0v) is 15.4. The van der Waals surface area contributed by atoms with Crippen molar-refractivity contribution >= 4 is 44.8 Å². The van der Waals surface area contributed by atoms with Crippen LogP contribution in [-0.4, -0.2) is 20.6 Å². The zero-order valence-electron chi connectivity index (χ0n) is 13.1. The van der Waals surface area contributed by atoms with Gasteiger partial charge in [0, 0.05) is 22.2 Å². The van der Waals surface area contributed by atoms with Crippen molar-refractivity contribution in [2.75, 3.05) is 11.6 Å². The van der Waals surface area contributed by atoms with E-state index in [0.29, 0.717) is 21.3 Å². The molecule has 0 radical (unpaired) electrons. The van der Waals surface area contributed by atoms with Crippen molar-refractivity contribution in [1.29, 1.82) is 0 Å². The number of hydrogen-bond acceptors (Lipinski definition) is 3. The summed E-state index contributed by atoms with van der Waals surface area (Å²) < 4.78 is 38.6. The maximum absolute atomic E-state index is 13.1. The highest BCUT2D eigenvalue weighted by Gasteiger charge is 2.20. The number of amides is 1. The van der Waals surface area contributed by atoms with Crippen LogP contribution in [0.25, 0.3) is 0 Å². The van der Waals surface area contributed by atoms with Gasteiger partial charge in [-0.3, -0.25) is 4.79 Å². The summed E-state index contributed by atoms with van der Waals surface area (Å²) in [5.74, 6) is -0.913. The molecule has 2 rings (SSSR count). The maximum Gasteiger partial charge on any atom is 0.226 e. The van der Waals surface area contributed by atoms with Gasteiger partial charge in [-0.2, -0.15) is 0 Å². The molecule has 2 aromatic carbocycles. The molecule has 2 N–H and O–H groups in total. The predicted octanol–water partition coefficient (Wildman–Crippen LogP) is 3.75. The highest BCUT2D eigenvalue weighted by atomic mass is 35.5. The van der Waals surface area contributed by atoms with Crippen LogP contribution in [0, 0.1) is 5.82 Å². The Kier molecular flexibility index (Phi) is 6.40. The lowest BCUT2D eigenvalue weighted by Gasteiger charge is -2.18. The molecule has 0 saturated heterocycles. The molecule has 0 saturated carbocycles. The molecule has 9 heteroatoms. The van der Waals surface area contributed by atoms with Gasteiger partial charge in [0.15, 0.2) is 0 Å². The summed E-state index contributed by atoms with van der Waals surface area (Å²) in [5.41, 5.74) is 0.853. The van der Waals surface area contributed by atoms with Gasteiger partial charge in [0.1, 0.15) is 5.82 Å². The van der Waals surface area contributed by atoms with Gasteiger partial charge in [-0.25, -0.2) is 17.5 Å². The molecule has 1 atom stereocenters. The van der Waals surface area contributed by atoms with Crippen molar-refractivity contribution in [2.24, 2.45) is 0 Å². The number of carbonyl (C=O) groups excluding carboxylic acids is 1. The van der Waals surface area contributed by atoms with Crippen LogP contribution in [-0.2, 0) is 14.8 Å². The average Bonchev–Trinajstić information content (AvgIpc) is 2.44. The number of halogens is 3. The zero-order chi connectivity index (χ0) is 18.6. The smallest absolute Gasteiger partial charge is 0.226 e. The number of nitrogens with one attached hydrogen (secondary N) is 2. The van der Waals surface area contributed by atoms with E-state index >= 15 is 0 Å². The van der Waals surface area contributed by atoms with E-state index in [1.165, 1.54) is 42.5 Å². The fourth-order valence-corrected chi connectivity index (χ4v) is 3.47. The second-order valence-corrected chi connectivity index (χ2v) is 8.06. The van der Waals surface area contributed by atoms with E-state index in [-0.39, 0.29) is 6.42 Å². The quantitative estimate of drug-likeness (QED) is 0.769. The standard InChI is InChI=1S/C16H15Cl2FN2O3S/c1-25(23,24)21-15(10-2-4-13(19)5-3-10)9-16(22)20-14-7-11(17)6-12(18)8-14/h2-8,15,21H,9H2,1H3,(H,20,22)/t15-/m0/s1. The van der Waals surface area contributed by atoms with E-state index in [9.17, 15) is 17.6 Å². The lowest BCUT2D eigenvalue weighted by atomic mass is 10.0. The monoisotopic (exact) mass is 404 g/mol. The van der Waals surface area contributed by atoms with Crippen LogP contribution >= 0.6 is 23.2 Å². The van der Waals surface area contributed by atoms with Gasteiger partial charge in [0.25, 0.3) is 0 Å². The van der Waals surface area contributed by atoms with Crippen molar-refractivity contribution in [3.63, 3.8) is 0 Å². The van der Waals surface area contributed by atoms with E-state index in [4.69, 9.17) is 23.2 Å². The molecule has 0 aliphatic rings. The lowest BCUT2D eigenvalue weighted by Crippen LogP contribution is -2.30. The van der Waals surface area contributed by atoms with Gasteiger partial charge in [0.05, 0.1) is 12.3 Å². The molecule has 25 heavy (non-hydrogen) atoms. The van der Waals surface area contributed by atoms with E-state index in [1.54, 1.807) is 0 Å². The Balaban J connectivity index is 2.17. The molecule has 0 aliphatic carbocycles. The van der Waals surface area contributed by atoms with Crippen LogP contribution in [0.2, 0.25) is 10.0 Å². The predicted molar refractivity (Wildman–Crippen MR) is 96.8 cm³/mol. The molecule has 2 aromatic rings. The van der Waals surface area contributed by atoms with Gasteiger partial charge >= 0.3 is 0 Å². The molecule has 1 amide bonds. The van der Waals surface area contributed by atoms with Crippen molar-refractivity contribution in [3.05, 3.63) is 63.9 Å². The SMILES string of the molecule is CS(=O)(=O)N[C@@H](CC(=O)Nc1cc(Cl)cc(Cl)c1)c1ccc(F)cc1. The molecule has 0 heterocycles. The third-order valence-corrected chi connectivity index (χ3v) is 4.31. The molecule has 0 aromatic heterocycles. The maximum atomic E-state index is 13.1. The van der Waals surface area contributed by atoms with Crippen molar-refractivity contribution in [3.8, 4) is 0 Å². The normalized spacial score (nSPS) is 12.6. The first kappa shape index (κ1) is 19.7. The van der Waals surface area contributed by atoms with E-state index < -0.39 is 27.8 Å². The van der Waals surface area contributed by atoms with E-state index in [0.717, 1.165) is 6.26 Å². The number of sulfonamides is 1. The number of rotatable bonds is 6. The molecular formula is C16H15Cl2FN2O3S.